The van der Waals surface area contributed by atoms with Gasteiger partial charge in [-0.3, -0.25) is 0 Å². The second-order valence-corrected chi connectivity index (χ2v) is 17.1. The summed E-state index contributed by atoms with van der Waals surface area (Å²) in [5.41, 5.74) is 12.9. The smallest absolute Gasteiger partial charge is 0.0541 e. The highest BCUT2D eigenvalue weighted by atomic mass is 79.9. The first-order chi connectivity index (χ1) is 26.9. The molecular weight excluding hydrogens is 936 g/mol. The maximum Gasteiger partial charge on any atom is 0.0541 e. The van der Waals surface area contributed by atoms with Gasteiger partial charge in [0.15, 0.2) is 0 Å². The molecule has 0 saturated carbocycles. The zero-order valence-corrected chi connectivity index (χ0v) is 35.8. The van der Waals surface area contributed by atoms with Gasteiger partial charge in [-0.05, 0) is 89.3 Å². The number of nitrogens with zero attached hydrogens (tertiary/aromatic N) is 2. The van der Waals surface area contributed by atoms with Crippen LogP contribution in [-0.4, -0.2) is 9.13 Å². The van der Waals surface area contributed by atoms with Gasteiger partial charge in [0.1, 0.15) is 0 Å². The molecule has 0 spiro atoms. The first kappa shape index (κ1) is 35.9. The Kier molecular flexibility index (Phi) is 10.1. The molecule has 1 aliphatic carbocycles. The molecule has 11 rings (SSSR count). The maximum atomic E-state index is 3.81. The zero-order chi connectivity index (χ0) is 37.5. The fourth-order valence-electron chi connectivity index (χ4n) is 7.82. The van der Waals surface area contributed by atoms with Crippen LogP contribution in [-0.2, 0) is 6.42 Å². The Balaban J connectivity index is 0.000000147. The van der Waals surface area contributed by atoms with Crippen molar-refractivity contribution in [1.29, 1.82) is 0 Å². The summed E-state index contributed by atoms with van der Waals surface area (Å²) in [5.74, 6) is 0. The minimum atomic E-state index is 1.05. The van der Waals surface area contributed by atoms with Gasteiger partial charge in [-0.2, -0.15) is 0 Å². The zero-order valence-electron chi connectivity index (χ0n) is 29.4. The minimum absolute atomic E-state index is 1.05. The summed E-state index contributed by atoms with van der Waals surface area (Å²) in [7, 11) is 0. The summed E-state index contributed by atoms with van der Waals surface area (Å²) in [6, 6.07) is 64.6. The van der Waals surface area contributed by atoms with Gasteiger partial charge in [0, 0.05) is 50.8 Å². The lowest BCUT2D eigenvalue weighted by Crippen LogP contribution is -1.99. The van der Waals surface area contributed by atoms with Crippen molar-refractivity contribution in [1.82, 2.24) is 9.13 Å². The number of benzene rings is 8. The predicted octanol–water partition coefficient (Wildman–Crippen LogP) is 15.9. The molecule has 0 aliphatic heterocycles. The van der Waals surface area contributed by atoms with Gasteiger partial charge in [0.05, 0.1) is 22.1 Å². The summed E-state index contributed by atoms with van der Waals surface area (Å²) < 4.78 is 9.01. The first-order valence-corrected chi connectivity index (χ1v) is 21.2. The van der Waals surface area contributed by atoms with Crippen molar-refractivity contribution in [3.8, 4) is 22.5 Å². The van der Waals surface area contributed by atoms with E-state index in [1.54, 1.807) is 0 Å². The molecule has 6 heteroatoms. The van der Waals surface area contributed by atoms with E-state index < -0.39 is 0 Å². The Bertz CT molecular complexity index is 2700. The Morgan fingerprint density at radius 1 is 0.309 bits per heavy atom. The third-order valence-corrected chi connectivity index (χ3v) is 11.9. The monoisotopic (exact) mass is 964 g/mol. The molecule has 0 fully saturated rings. The fraction of sp³-hybridized carbons (Fsp3) is 0.0204. The number of rotatable bonds is 2. The lowest BCUT2D eigenvalue weighted by Gasteiger charge is -2.14. The van der Waals surface area contributed by atoms with Gasteiger partial charge in [-0.25, -0.2) is 0 Å². The van der Waals surface area contributed by atoms with Crippen molar-refractivity contribution >= 4 is 107 Å². The molecule has 2 nitrogen and oxygen atoms in total. The van der Waals surface area contributed by atoms with Crippen LogP contribution in [0.15, 0.2) is 200 Å². The van der Waals surface area contributed by atoms with Crippen molar-refractivity contribution < 1.29 is 0 Å². The minimum Gasteiger partial charge on any atom is -0.309 e. The molecule has 0 radical (unpaired) electrons. The van der Waals surface area contributed by atoms with E-state index in [2.05, 4.69) is 237 Å². The highest BCUT2D eigenvalue weighted by Crippen LogP contribution is 2.38. The Labute approximate surface area is 353 Å². The topological polar surface area (TPSA) is 9.86 Å². The van der Waals surface area contributed by atoms with Crippen LogP contribution >= 0.6 is 63.7 Å². The first-order valence-electron chi connectivity index (χ1n) is 18.0. The molecule has 1 aliphatic rings. The number of hydrogen-bond acceptors (Lipinski definition) is 0. The molecule has 2 heterocycles. The average molecular weight is 968 g/mol. The van der Waals surface area contributed by atoms with Gasteiger partial charge >= 0.3 is 0 Å². The van der Waals surface area contributed by atoms with E-state index in [4.69, 9.17) is 0 Å². The van der Waals surface area contributed by atoms with Gasteiger partial charge < -0.3 is 9.13 Å². The van der Waals surface area contributed by atoms with Crippen LogP contribution in [0, 0.1) is 0 Å². The summed E-state index contributed by atoms with van der Waals surface area (Å²) in [6.07, 6.45) is 1.10. The van der Waals surface area contributed by atoms with Crippen molar-refractivity contribution in [3.05, 3.63) is 211 Å². The standard InChI is InChI=1S/C30H19BrN2.C13H10.C6H3Br3/c31-20-17-21(32-27-13-5-1-9-23(27)24-10-2-6-14-28(24)32)19-22(18-20)33-29-15-7-3-11-25(29)26-12-4-8-16-30(26)33;1-3-7-12-10(5-1)9-11-6-2-4-8-13(11)12;7-4-1-5(8)3-6(9)2-4/h1-19H;1-8H,9H2;1-3H. The Morgan fingerprint density at radius 2 is 0.600 bits per heavy atom. The van der Waals surface area contributed by atoms with Crippen LogP contribution in [0.4, 0.5) is 0 Å². The average Bonchev–Trinajstić information content (AvgIpc) is 3.86. The van der Waals surface area contributed by atoms with Crippen molar-refractivity contribution in [2.24, 2.45) is 0 Å². The van der Waals surface area contributed by atoms with E-state index in [1.165, 1.54) is 65.9 Å². The summed E-state index contributed by atoms with van der Waals surface area (Å²) >= 11 is 13.9. The van der Waals surface area contributed by atoms with Crippen molar-refractivity contribution in [3.63, 3.8) is 0 Å². The van der Waals surface area contributed by atoms with Gasteiger partial charge in [0.2, 0.25) is 0 Å². The maximum absolute atomic E-state index is 3.81. The number of fused-ring (bicyclic) bond motifs is 9. The molecule has 0 amide bonds. The van der Waals surface area contributed by atoms with Crippen molar-refractivity contribution in [2.45, 2.75) is 6.42 Å². The second kappa shape index (κ2) is 15.4. The number of para-hydroxylation sites is 4. The normalized spacial score (nSPS) is 11.6. The number of hydrogen-bond donors (Lipinski definition) is 0. The predicted molar refractivity (Wildman–Crippen MR) is 247 cm³/mol. The lowest BCUT2D eigenvalue weighted by molar-refractivity contribution is 1.13. The summed E-state index contributed by atoms with van der Waals surface area (Å²) in [6.45, 7) is 0. The molecule has 2 aromatic heterocycles. The molecule has 55 heavy (non-hydrogen) atoms. The molecule has 0 atom stereocenters. The Hall–Kier alpha value is -4.72. The molecule has 266 valence electrons. The number of halogens is 4. The van der Waals surface area contributed by atoms with Gasteiger partial charge in [-0.1, -0.05) is 185 Å². The van der Waals surface area contributed by atoms with Crippen LogP contribution in [0.3, 0.4) is 0 Å². The van der Waals surface area contributed by atoms with Crippen LogP contribution in [0.5, 0.6) is 0 Å². The van der Waals surface area contributed by atoms with E-state index >= 15 is 0 Å². The van der Waals surface area contributed by atoms with E-state index in [0.29, 0.717) is 0 Å². The highest BCUT2D eigenvalue weighted by Gasteiger charge is 2.17. The van der Waals surface area contributed by atoms with Gasteiger partial charge in [0.25, 0.3) is 0 Å². The SMILES string of the molecule is Brc1cc(-n2c3ccccc3c3ccccc32)cc(-n2c3ccccc3c3ccccc32)c1.Brc1cc(Br)cc(Br)c1.c1ccc2c(c1)Cc1ccccc1-2. The van der Waals surface area contributed by atoms with Crippen molar-refractivity contribution in [2.75, 3.05) is 0 Å². The summed E-state index contributed by atoms with van der Waals surface area (Å²) in [4.78, 5) is 0. The van der Waals surface area contributed by atoms with E-state index in [-0.39, 0.29) is 0 Å². The summed E-state index contributed by atoms with van der Waals surface area (Å²) in [5, 5.41) is 5.08. The van der Waals surface area contributed by atoms with E-state index in [0.717, 1.165) is 35.7 Å². The molecular formula is C49H32Br4N2. The number of aromatic nitrogens is 2. The molecule has 0 bridgehead atoms. The third kappa shape index (κ3) is 7.02. The van der Waals surface area contributed by atoms with E-state index in [9.17, 15) is 0 Å². The largest absolute Gasteiger partial charge is 0.309 e. The van der Waals surface area contributed by atoms with Crippen LogP contribution in [0.2, 0.25) is 0 Å². The van der Waals surface area contributed by atoms with Crippen LogP contribution in [0.25, 0.3) is 66.1 Å². The lowest BCUT2D eigenvalue weighted by atomic mass is 10.1. The molecule has 0 saturated heterocycles. The molecule has 0 N–H and O–H groups in total. The molecule has 8 aromatic carbocycles. The Morgan fingerprint density at radius 3 is 0.964 bits per heavy atom. The second-order valence-electron chi connectivity index (χ2n) is 13.5. The van der Waals surface area contributed by atoms with E-state index in [1.807, 2.05) is 18.2 Å². The van der Waals surface area contributed by atoms with Crippen LogP contribution in [0.1, 0.15) is 11.1 Å². The van der Waals surface area contributed by atoms with Crippen LogP contribution < -0.4 is 0 Å². The quantitative estimate of drug-likeness (QED) is 0.163. The van der Waals surface area contributed by atoms with Gasteiger partial charge in [-0.15, -0.1) is 0 Å². The molecule has 0 unspecified atom stereocenters. The third-order valence-electron chi connectivity index (χ3n) is 10.1. The fourth-order valence-corrected chi connectivity index (χ4v) is 10.7. The molecule has 10 aromatic rings. The highest BCUT2D eigenvalue weighted by molar-refractivity contribution is 9.11.